The third kappa shape index (κ3) is 3.23. The molecule has 1 saturated heterocycles. The number of hydrogen-bond acceptors (Lipinski definition) is 2. The predicted molar refractivity (Wildman–Crippen MR) is 77.0 cm³/mol. The van der Waals surface area contributed by atoms with Gasteiger partial charge < -0.3 is 9.64 Å². The molecule has 1 atom stereocenters. The van der Waals surface area contributed by atoms with Crippen LogP contribution in [0.5, 0.6) is 5.75 Å². The van der Waals surface area contributed by atoms with E-state index in [-0.39, 0.29) is 17.7 Å². The Hall–Kier alpha value is -1.29. The van der Waals surface area contributed by atoms with Gasteiger partial charge in [0.1, 0.15) is 0 Å². The molecule has 0 aromatic heterocycles. The summed E-state index contributed by atoms with van der Waals surface area (Å²) < 4.78 is 18.5. The highest BCUT2D eigenvalue weighted by molar-refractivity contribution is 6.17. The molecular weight excluding hydrogens is 281 g/mol. The van der Waals surface area contributed by atoms with E-state index >= 15 is 0 Å². The van der Waals surface area contributed by atoms with Crippen LogP contribution >= 0.6 is 11.6 Å². The first-order chi connectivity index (χ1) is 9.67. The van der Waals surface area contributed by atoms with Crippen molar-refractivity contribution in [3.05, 3.63) is 29.6 Å². The molecule has 0 spiro atoms. The maximum atomic E-state index is 13.7. The molecular formula is C15H19ClFNO2. The van der Waals surface area contributed by atoms with E-state index in [1.54, 1.807) is 6.07 Å². The molecule has 1 aromatic carbocycles. The average molecular weight is 300 g/mol. The highest BCUT2D eigenvalue weighted by Crippen LogP contribution is 2.25. The van der Waals surface area contributed by atoms with E-state index in [9.17, 15) is 9.18 Å². The summed E-state index contributed by atoms with van der Waals surface area (Å²) in [5, 5.41) is 0. The zero-order chi connectivity index (χ0) is 14.5. The van der Waals surface area contributed by atoms with Gasteiger partial charge >= 0.3 is 0 Å². The molecule has 1 unspecified atom stereocenters. The zero-order valence-corrected chi connectivity index (χ0v) is 12.3. The zero-order valence-electron chi connectivity index (χ0n) is 11.6. The maximum absolute atomic E-state index is 13.7. The van der Waals surface area contributed by atoms with Gasteiger partial charge in [-0.2, -0.15) is 0 Å². The van der Waals surface area contributed by atoms with Crippen LogP contribution in [0.4, 0.5) is 4.39 Å². The van der Waals surface area contributed by atoms with Gasteiger partial charge in [0.15, 0.2) is 11.6 Å². The summed E-state index contributed by atoms with van der Waals surface area (Å²) in [6, 6.07) is 4.58. The SMILES string of the molecule is COc1ccc(C(=O)N2CCCC2CCCCl)cc1F. The molecule has 1 heterocycles. The molecule has 0 bridgehead atoms. The molecule has 5 heteroatoms. The van der Waals surface area contributed by atoms with Crippen molar-refractivity contribution in [1.82, 2.24) is 4.90 Å². The molecule has 110 valence electrons. The van der Waals surface area contributed by atoms with Crippen molar-refractivity contribution in [2.75, 3.05) is 19.5 Å². The van der Waals surface area contributed by atoms with Crippen LogP contribution in [0.15, 0.2) is 18.2 Å². The second kappa shape index (κ2) is 6.93. The summed E-state index contributed by atoms with van der Waals surface area (Å²) in [6.45, 7) is 0.736. The lowest BCUT2D eigenvalue weighted by Gasteiger charge is -2.24. The third-order valence-electron chi connectivity index (χ3n) is 3.71. The van der Waals surface area contributed by atoms with Gasteiger partial charge in [-0.25, -0.2) is 4.39 Å². The molecule has 0 aliphatic carbocycles. The molecule has 1 aliphatic rings. The Labute approximate surface area is 123 Å². The van der Waals surface area contributed by atoms with Crippen LogP contribution in [-0.2, 0) is 0 Å². The summed E-state index contributed by atoms with van der Waals surface area (Å²) in [7, 11) is 1.41. The highest BCUT2D eigenvalue weighted by Gasteiger charge is 2.29. The standard InChI is InChI=1S/C15H19ClFNO2/c1-20-14-7-6-11(10-13(14)17)15(19)18-9-3-5-12(18)4-2-8-16/h6-7,10,12H,2-5,8-9H2,1H3. The fourth-order valence-electron chi connectivity index (χ4n) is 2.68. The predicted octanol–water partition coefficient (Wildman–Crippen LogP) is 3.46. The van der Waals surface area contributed by atoms with Crippen LogP contribution in [0, 0.1) is 5.82 Å². The number of halogens is 2. The van der Waals surface area contributed by atoms with E-state index in [1.165, 1.54) is 19.2 Å². The van der Waals surface area contributed by atoms with Crippen molar-refractivity contribution in [2.24, 2.45) is 0 Å². The van der Waals surface area contributed by atoms with Crippen LogP contribution in [0.3, 0.4) is 0 Å². The van der Waals surface area contributed by atoms with Gasteiger partial charge in [0.05, 0.1) is 7.11 Å². The summed E-state index contributed by atoms with van der Waals surface area (Å²) in [6.07, 6.45) is 3.81. The minimum atomic E-state index is -0.505. The van der Waals surface area contributed by atoms with Crippen LogP contribution in [-0.4, -0.2) is 36.4 Å². The van der Waals surface area contributed by atoms with Gasteiger partial charge in [-0.05, 0) is 43.9 Å². The topological polar surface area (TPSA) is 29.5 Å². The molecule has 1 amide bonds. The monoisotopic (exact) mass is 299 g/mol. The minimum absolute atomic E-state index is 0.108. The Balaban J connectivity index is 2.11. The summed E-state index contributed by atoms with van der Waals surface area (Å²) >= 11 is 5.71. The lowest BCUT2D eigenvalue weighted by atomic mass is 10.1. The normalized spacial score (nSPS) is 18.4. The molecule has 1 aromatic rings. The number of nitrogens with zero attached hydrogens (tertiary/aromatic N) is 1. The van der Waals surface area contributed by atoms with Crippen molar-refractivity contribution < 1.29 is 13.9 Å². The average Bonchev–Trinajstić information content (AvgIpc) is 2.92. The second-order valence-corrected chi connectivity index (χ2v) is 5.35. The number of methoxy groups -OCH3 is 1. The Morgan fingerprint density at radius 1 is 1.55 bits per heavy atom. The number of carbonyl (C=O) groups excluding carboxylic acids is 1. The van der Waals surface area contributed by atoms with Gasteiger partial charge in [0, 0.05) is 24.0 Å². The van der Waals surface area contributed by atoms with E-state index in [0.717, 1.165) is 32.2 Å². The van der Waals surface area contributed by atoms with Gasteiger partial charge in [-0.15, -0.1) is 11.6 Å². The van der Waals surface area contributed by atoms with E-state index in [2.05, 4.69) is 0 Å². The smallest absolute Gasteiger partial charge is 0.254 e. The number of amides is 1. The van der Waals surface area contributed by atoms with E-state index in [1.807, 2.05) is 4.90 Å². The Kier molecular flexibility index (Phi) is 5.24. The van der Waals surface area contributed by atoms with E-state index < -0.39 is 5.82 Å². The van der Waals surface area contributed by atoms with E-state index in [4.69, 9.17) is 16.3 Å². The molecule has 2 rings (SSSR count). The Morgan fingerprint density at radius 2 is 2.35 bits per heavy atom. The van der Waals surface area contributed by atoms with Crippen molar-refractivity contribution in [3.63, 3.8) is 0 Å². The van der Waals surface area contributed by atoms with E-state index in [0.29, 0.717) is 11.4 Å². The molecule has 1 aliphatic heterocycles. The van der Waals surface area contributed by atoms with Gasteiger partial charge in [0.25, 0.3) is 5.91 Å². The molecule has 3 nitrogen and oxygen atoms in total. The van der Waals surface area contributed by atoms with Gasteiger partial charge in [-0.3, -0.25) is 4.79 Å². The fourth-order valence-corrected chi connectivity index (χ4v) is 2.84. The van der Waals surface area contributed by atoms with Crippen LogP contribution in [0.2, 0.25) is 0 Å². The Bertz CT molecular complexity index is 481. The lowest BCUT2D eigenvalue weighted by Crippen LogP contribution is -2.35. The first kappa shape index (κ1) is 15.1. The number of likely N-dealkylation sites (tertiary alicyclic amines) is 1. The van der Waals surface area contributed by atoms with Crippen LogP contribution in [0.25, 0.3) is 0 Å². The van der Waals surface area contributed by atoms with Crippen LogP contribution < -0.4 is 4.74 Å². The van der Waals surface area contributed by atoms with Crippen molar-refractivity contribution >= 4 is 17.5 Å². The number of hydrogen-bond donors (Lipinski definition) is 0. The number of rotatable bonds is 5. The summed E-state index contributed by atoms with van der Waals surface area (Å²) in [4.78, 5) is 14.3. The molecule has 0 saturated carbocycles. The molecule has 0 N–H and O–H groups in total. The van der Waals surface area contributed by atoms with Crippen molar-refractivity contribution in [2.45, 2.75) is 31.7 Å². The number of alkyl halides is 1. The quantitative estimate of drug-likeness (QED) is 0.779. The molecule has 0 radical (unpaired) electrons. The second-order valence-electron chi connectivity index (χ2n) is 4.98. The summed E-state index contributed by atoms with van der Waals surface area (Å²) in [5.74, 6) is 0.149. The largest absolute Gasteiger partial charge is 0.494 e. The number of benzene rings is 1. The van der Waals surface area contributed by atoms with Crippen LogP contribution in [0.1, 0.15) is 36.0 Å². The first-order valence-electron chi connectivity index (χ1n) is 6.88. The molecule has 1 fully saturated rings. The fraction of sp³-hybridized carbons (Fsp3) is 0.533. The number of ether oxygens (including phenoxy) is 1. The van der Waals surface area contributed by atoms with Crippen molar-refractivity contribution in [1.29, 1.82) is 0 Å². The summed E-state index contributed by atoms with van der Waals surface area (Å²) in [5.41, 5.74) is 0.376. The lowest BCUT2D eigenvalue weighted by molar-refractivity contribution is 0.0729. The highest BCUT2D eigenvalue weighted by atomic mass is 35.5. The minimum Gasteiger partial charge on any atom is -0.494 e. The first-order valence-corrected chi connectivity index (χ1v) is 7.41. The molecule has 20 heavy (non-hydrogen) atoms. The van der Waals surface area contributed by atoms with Gasteiger partial charge in [0.2, 0.25) is 0 Å². The third-order valence-corrected chi connectivity index (χ3v) is 3.97. The number of carbonyl (C=O) groups is 1. The Morgan fingerprint density at radius 3 is 3.00 bits per heavy atom. The maximum Gasteiger partial charge on any atom is 0.254 e. The van der Waals surface area contributed by atoms with Crippen molar-refractivity contribution in [3.8, 4) is 5.75 Å². The van der Waals surface area contributed by atoms with Gasteiger partial charge in [-0.1, -0.05) is 0 Å².